The first-order valence-corrected chi connectivity index (χ1v) is 7.22. The highest BCUT2D eigenvalue weighted by molar-refractivity contribution is 9.10. The summed E-state index contributed by atoms with van der Waals surface area (Å²) in [5.41, 5.74) is 1.25. The van der Waals surface area contributed by atoms with Crippen LogP contribution in [0.25, 0.3) is 0 Å². The standard InChI is InChI=1S/C16H15BrO2/c17-13-4-3-5-14(10-13)19-11-12-8-9-18-16-7-2-1-6-15(12)16/h1-7,10,12H,8-9,11H2. The Morgan fingerprint density at radius 2 is 2.05 bits per heavy atom. The van der Waals surface area contributed by atoms with E-state index in [1.807, 2.05) is 36.4 Å². The van der Waals surface area contributed by atoms with Gasteiger partial charge in [-0.15, -0.1) is 0 Å². The topological polar surface area (TPSA) is 18.5 Å². The molecule has 2 aromatic carbocycles. The van der Waals surface area contributed by atoms with Crippen LogP contribution in [0.15, 0.2) is 53.0 Å². The highest BCUT2D eigenvalue weighted by Gasteiger charge is 2.21. The van der Waals surface area contributed by atoms with Gasteiger partial charge < -0.3 is 9.47 Å². The van der Waals surface area contributed by atoms with Crippen molar-refractivity contribution in [3.63, 3.8) is 0 Å². The van der Waals surface area contributed by atoms with Gasteiger partial charge in [-0.2, -0.15) is 0 Å². The van der Waals surface area contributed by atoms with E-state index < -0.39 is 0 Å². The molecule has 1 unspecified atom stereocenters. The van der Waals surface area contributed by atoms with Crippen LogP contribution in [0.1, 0.15) is 17.9 Å². The van der Waals surface area contributed by atoms with Crippen LogP contribution in [0.3, 0.4) is 0 Å². The molecule has 98 valence electrons. The molecule has 1 aliphatic rings. The Balaban J connectivity index is 1.71. The van der Waals surface area contributed by atoms with Crippen molar-refractivity contribution in [1.29, 1.82) is 0 Å². The molecule has 3 rings (SSSR count). The average molecular weight is 319 g/mol. The van der Waals surface area contributed by atoms with Gasteiger partial charge in [0.15, 0.2) is 0 Å². The molecule has 19 heavy (non-hydrogen) atoms. The first kappa shape index (κ1) is 12.5. The Morgan fingerprint density at radius 3 is 2.95 bits per heavy atom. The molecule has 1 aliphatic heterocycles. The minimum atomic E-state index is 0.406. The minimum absolute atomic E-state index is 0.406. The normalized spacial score (nSPS) is 17.4. The van der Waals surface area contributed by atoms with Crippen molar-refractivity contribution in [2.24, 2.45) is 0 Å². The molecule has 0 spiro atoms. The van der Waals surface area contributed by atoms with E-state index in [4.69, 9.17) is 9.47 Å². The Bertz CT molecular complexity index is 568. The second-order valence-electron chi connectivity index (χ2n) is 4.64. The van der Waals surface area contributed by atoms with Crippen LogP contribution >= 0.6 is 15.9 Å². The Kier molecular flexibility index (Phi) is 3.74. The summed E-state index contributed by atoms with van der Waals surface area (Å²) in [6, 6.07) is 16.2. The summed E-state index contributed by atoms with van der Waals surface area (Å²) in [5, 5.41) is 0. The number of fused-ring (bicyclic) bond motifs is 1. The number of para-hydroxylation sites is 1. The first-order valence-electron chi connectivity index (χ1n) is 6.43. The summed E-state index contributed by atoms with van der Waals surface area (Å²) < 4.78 is 12.6. The summed E-state index contributed by atoms with van der Waals surface area (Å²) in [7, 11) is 0. The highest BCUT2D eigenvalue weighted by Crippen LogP contribution is 2.33. The van der Waals surface area contributed by atoms with E-state index in [0.717, 1.165) is 29.0 Å². The quantitative estimate of drug-likeness (QED) is 0.835. The van der Waals surface area contributed by atoms with Crippen LogP contribution in [0.5, 0.6) is 11.5 Å². The van der Waals surface area contributed by atoms with Gasteiger partial charge in [0.1, 0.15) is 11.5 Å². The van der Waals surface area contributed by atoms with Crippen LogP contribution in [0.2, 0.25) is 0 Å². The van der Waals surface area contributed by atoms with Gasteiger partial charge in [0.25, 0.3) is 0 Å². The van der Waals surface area contributed by atoms with Crippen LogP contribution in [-0.2, 0) is 0 Å². The highest BCUT2D eigenvalue weighted by atomic mass is 79.9. The van der Waals surface area contributed by atoms with Gasteiger partial charge in [0, 0.05) is 16.0 Å². The van der Waals surface area contributed by atoms with Gasteiger partial charge in [-0.05, 0) is 30.7 Å². The maximum Gasteiger partial charge on any atom is 0.122 e. The van der Waals surface area contributed by atoms with Crippen LogP contribution in [-0.4, -0.2) is 13.2 Å². The Labute approximate surface area is 121 Å². The number of ether oxygens (including phenoxy) is 2. The van der Waals surface area contributed by atoms with Gasteiger partial charge in [-0.1, -0.05) is 40.2 Å². The van der Waals surface area contributed by atoms with E-state index >= 15 is 0 Å². The van der Waals surface area contributed by atoms with Gasteiger partial charge >= 0.3 is 0 Å². The SMILES string of the molecule is Brc1cccc(OCC2CCOc3ccccc32)c1. The molecule has 0 amide bonds. The van der Waals surface area contributed by atoms with Crippen molar-refractivity contribution in [2.45, 2.75) is 12.3 Å². The molecule has 1 heterocycles. The van der Waals surface area contributed by atoms with Crippen molar-refractivity contribution in [1.82, 2.24) is 0 Å². The van der Waals surface area contributed by atoms with Crippen LogP contribution in [0.4, 0.5) is 0 Å². The molecule has 0 radical (unpaired) electrons. The number of rotatable bonds is 3. The van der Waals surface area contributed by atoms with Crippen molar-refractivity contribution in [3.8, 4) is 11.5 Å². The van der Waals surface area contributed by atoms with E-state index in [9.17, 15) is 0 Å². The fourth-order valence-corrected chi connectivity index (χ4v) is 2.72. The van der Waals surface area contributed by atoms with E-state index in [0.29, 0.717) is 12.5 Å². The third-order valence-corrected chi connectivity index (χ3v) is 3.82. The smallest absolute Gasteiger partial charge is 0.122 e. The fraction of sp³-hybridized carbons (Fsp3) is 0.250. The maximum absolute atomic E-state index is 5.90. The summed E-state index contributed by atoms with van der Waals surface area (Å²) in [4.78, 5) is 0. The zero-order valence-corrected chi connectivity index (χ0v) is 12.1. The van der Waals surface area contributed by atoms with Crippen molar-refractivity contribution in [2.75, 3.05) is 13.2 Å². The van der Waals surface area contributed by atoms with Gasteiger partial charge in [0.05, 0.1) is 13.2 Å². The summed E-state index contributed by atoms with van der Waals surface area (Å²) in [6.07, 6.45) is 1.00. The van der Waals surface area contributed by atoms with Gasteiger partial charge in [-0.25, -0.2) is 0 Å². The van der Waals surface area contributed by atoms with Gasteiger partial charge in [0.2, 0.25) is 0 Å². The lowest BCUT2D eigenvalue weighted by molar-refractivity contribution is 0.217. The zero-order valence-electron chi connectivity index (χ0n) is 10.5. The monoisotopic (exact) mass is 318 g/mol. The Hall–Kier alpha value is -1.48. The second-order valence-corrected chi connectivity index (χ2v) is 5.56. The molecule has 2 nitrogen and oxygen atoms in total. The predicted molar refractivity (Wildman–Crippen MR) is 78.9 cm³/mol. The lowest BCUT2D eigenvalue weighted by atomic mass is 9.94. The third-order valence-electron chi connectivity index (χ3n) is 3.33. The summed E-state index contributed by atoms with van der Waals surface area (Å²) in [6.45, 7) is 1.46. The predicted octanol–water partition coefficient (Wildman–Crippen LogP) is 4.39. The minimum Gasteiger partial charge on any atom is -0.493 e. The largest absolute Gasteiger partial charge is 0.493 e. The van der Waals surface area contributed by atoms with Crippen LogP contribution in [0, 0.1) is 0 Å². The van der Waals surface area contributed by atoms with E-state index in [2.05, 4.69) is 28.1 Å². The molecule has 0 fully saturated rings. The van der Waals surface area contributed by atoms with E-state index in [1.54, 1.807) is 0 Å². The molecular weight excluding hydrogens is 304 g/mol. The van der Waals surface area contributed by atoms with E-state index in [1.165, 1.54) is 5.56 Å². The van der Waals surface area contributed by atoms with Crippen molar-refractivity contribution >= 4 is 15.9 Å². The third kappa shape index (κ3) is 2.92. The first-order chi connectivity index (χ1) is 9.33. The zero-order chi connectivity index (χ0) is 13.1. The second kappa shape index (κ2) is 5.66. The van der Waals surface area contributed by atoms with Crippen molar-refractivity contribution < 1.29 is 9.47 Å². The average Bonchev–Trinajstić information content (AvgIpc) is 2.45. The lowest BCUT2D eigenvalue weighted by Gasteiger charge is -2.25. The number of benzene rings is 2. The molecule has 0 bridgehead atoms. The number of hydrogen-bond donors (Lipinski definition) is 0. The summed E-state index contributed by atoms with van der Waals surface area (Å²) in [5.74, 6) is 2.30. The summed E-state index contributed by atoms with van der Waals surface area (Å²) >= 11 is 3.45. The number of halogens is 1. The molecule has 0 saturated carbocycles. The van der Waals surface area contributed by atoms with Crippen molar-refractivity contribution in [3.05, 3.63) is 58.6 Å². The molecular formula is C16H15BrO2. The van der Waals surface area contributed by atoms with Gasteiger partial charge in [-0.3, -0.25) is 0 Å². The fourth-order valence-electron chi connectivity index (χ4n) is 2.34. The van der Waals surface area contributed by atoms with E-state index in [-0.39, 0.29) is 0 Å². The molecule has 3 heteroatoms. The van der Waals surface area contributed by atoms with Crippen LogP contribution < -0.4 is 9.47 Å². The molecule has 2 aromatic rings. The molecule has 0 N–H and O–H groups in total. The molecule has 0 saturated heterocycles. The Morgan fingerprint density at radius 1 is 1.16 bits per heavy atom. The molecule has 0 aromatic heterocycles. The molecule has 0 aliphatic carbocycles. The number of hydrogen-bond acceptors (Lipinski definition) is 2. The lowest BCUT2D eigenvalue weighted by Crippen LogP contribution is -2.19. The maximum atomic E-state index is 5.90. The molecule has 1 atom stereocenters.